The zero-order chi connectivity index (χ0) is 12.0. The number of amides is 1. The van der Waals surface area contributed by atoms with E-state index < -0.39 is 0 Å². The number of ether oxygens (including phenoxy) is 1. The number of carbonyl (C=O) groups excluding carboxylic acids is 1. The van der Waals surface area contributed by atoms with E-state index in [4.69, 9.17) is 10.5 Å². The molecule has 1 aromatic rings. The standard InChI is InChI=1S/C11H17N3O2/c1-8(16-2)3-6-11(15)14-10-5-4-9(12)7-13-10/h4-5,7-8H,3,6,12H2,1-2H3,(H,13,14,15). The minimum absolute atomic E-state index is 0.0684. The molecule has 0 bridgehead atoms. The van der Waals surface area contributed by atoms with Gasteiger partial charge in [-0.3, -0.25) is 4.79 Å². The molecule has 1 heterocycles. The molecule has 88 valence electrons. The second kappa shape index (κ2) is 6.07. The van der Waals surface area contributed by atoms with Gasteiger partial charge in [0.05, 0.1) is 18.0 Å². The Labute approximate surface area is 95.0 Å². The molecule has 1 unspecified atom stereocenters. The van der Waals surface area contributed by atoms with Gasteiger partial charge in [-0.15, -0.1) is 0 Å². The molecule has 1 atom stereocenters. The number of nitrogen functional groups attached to an aromatic ring is 1. The molecule has 0 aliphatic rings. The highest BCUT2D eigenvalue weighted by atomic mass is 16.5. The van der Waals surface area contributed by atoms with Crippen molar-refractivity contribution >= 4 is 17.4 Å². The molecule has 0 saturated carbocycles. The van der Waals surface area contributed by atoms with E-state index in [2.05, 4.69) is 10.3 Å². The predicted octanol–water partition coefficient (Wildman–Crippen LogP) is 1.42. The van der Waals surface area contributed by atoms with Crippen molar-refractivity contribution in [2.75, 3.05) is 18.2 Å². The third-order valence-corrected chi connectivity index (χ3v) is 2.23. The molecule has 0 aromatic carbocycles. The second-order valence-electron chi connectivity index (χ2n) is 3.61. The van der Waals surface area contributed by atoms with E-state index >= 15 is 0 Å². The lowest BCUT2D eigenvalue weighted by molar-refractivity contribution is -0.116. The van der Waals surface area contributed by atoms with E-state index in [0.29, 0.717) is 24.3 Å². The number of nitrogens with two attached hydrogens (primary N) is 1. The summed E-state index contributed by atoms with van der Waals surface area (Å²) in [6.45, 7) is 1.93. The Balaban J connectivity index is 2.37. The van der Waals surface area contributed by atoms with E-state index in [1.807, 2.05) is 6.92 Å². The Bertz CT molecular complexity index is 338. The van der Waals surface area contributed by atoms with Gasteiger partial charge in [-0.05, 0) is 25.5 Å². The van der Waals surface area contributed by atoms with E-state index in [9.17, 15) is 4.79 Å². The molecule has 16 heavy (non-hydrogen) atoms. The third-order valence-electron chi connectivity index (χ3n) is 2.23. The molecular formula is C11H17N3O2. The summed E-state index contributed by atoms with van der Waals surface area (Å²) in [5, 5.41) is 2.69. The Kier molecular flexibility index (Phi) is 4.72. The highest BCUT2D eigenvalue weighted by Crippen LogP contribution is 2.07. The van der Waals surface area contributed by atoms with Crippen LogP contribution in [0.3, 0.4) is 0 Å². The number of aromatic nitrogens is 1. The van der Waals surface area contributed by atoms with Crippen molar-refractivity contribution in [3.05, 3.63) is 18.3 Å². The van der Waals surface area contributed by atoms with Crippen LogP contribution in [-0.2, 0) is 9.53 Å². The highest BCUT2D eigenvalue weighted by Gasteiger charge is 2.06. The summed E-state index contributed by atoms with van der Waals surface area (Å²) >= 11 is 0. The molecule has 1 rings (SSSR count). The molecule has 1 amide bonds. The first-order valence-electron chi connectivity index (χ1n) is 5.16. The van der Waals surface area contributed by atoms with Crippen molar-refractivity contribution in [2.45, 2.75) is 25.9 Å². The number of pyridine rings is 1. The average Bonchev–Trinajstić information content (AvgIpc) is 2.29. The number of rotatable bonds is 5. The fraction of sp³-hybridized carbons (Fsp3) is 0.455. The van der Waals surface area contributed by atoms with Crippen molar-refractivity contribution in [3.63, 3.8) is 0 Å². The average molecular weight is 223 g/mol. The van der Waals surface area contributed by atoms with Gasteiger partial charge in [0, 0.05) is 13.5 Å². The lowest BCUT2D eigenvalue weighted by Crippen LogP contribution is -2.15. The molecule has 0 aliphatic carbocycles. The maximum Gasteiger partial charge on any atom is 0.225 e. The Morgan fingerprint density at radius 1 is 1.62 bits per heavy atom. The summed E-state index contributed by atoms with van der Waals surface area (Å²) < 4.78 is 5.05. The topological polar surface area (TPSA) is 77.2 Å². The summed E-state index contributed by atoms with van der Waals surface area (Å²) in [4.78, 5) is 15.5. The van der Waals surface area contributed by atoms with Gasteiger partial charge in [-0.2, -0.15) is 0 Å². The Morgan fingerprint density at radius 3 is 2.94 bits per heavy atom. The number of carbonyl (C=O) groups is 1. The van der Waals surface area contributed by atoms with Gasteiger partial charge in [0.2, 0.25) is 5.91 Å². The molecule has 0 aliphatic heterocycles. The van der Waals surface area contributed by atoms with Gasteiger partial charge in [0.25, 0.3) is 0 Å². The lowest BCUT2D eigenvalue weighted by Gasteiger charge is -2.08. The fourth-order valence-electron chi connectivity index (χ4n) is 1.14. The first kappa shape index (κ1) is 12.4. The molecule has 0 fully saturated rings. The predicted molar refractivity (Wildman–Crippen MR) is 63.0 cm³/mol. The normalized spacial score (nSPS) is 12.1. The minimum atomic E-state index is -0.0684. The van der Waals surface area contributed by atoms with Crippen molar-refractivity contribution in [3.8, 4) is 0 Å². The summed E-state index contributed by atoms with van der Waals surface area (Å²) in [5.74, 6) is 0.449. The van der Waals surface area contributed by atoms with Crippen LogP contribution in [0, 0.1) is 0 Å². The lowest BCUT2D eigenvalue weighted by atomic mass is 10.2. The summed E-state index contributed by atoms with van der Waals surface area (Å²) in [5.41, 5.74) is 6.06. The summed E-state index contributed by atoms with van der Waals surface area (Å²) in [7, 11) is 1.63. The highest BCUT2D eigenvalue weighted by molar-refractivity contribution is 5.89. The molecule has 0 radical (unpaired) electrons. The number of nitrogens with one attached hydrogen (secondary N) is 1. The first-order chi connectivity index (χ1) is 7.61. The number of anilines is 2. The quantitative estimate of drug-likeness (QED) is 0.791. The monoisotopic (exact) mass is 223 g/mol. The van der Waals surface area contributed by atoms with Gasteiger partial charge in [-0.25, -0.2) is 4.98 Å². The van der Waals surface area contributed by atoms with Crippen LogP contribution in [0.2, 0.25) is 0 Å². The summed E-state index contributed by atoms with van der Waals surface area (Å²) in [6, 6.07) is 3.37. The molecular weight excluding hydrogens is 206 g/mol. The molecule has 5 nitrogen and oxygen atoms in total. The van der Waals surface area contributed by atoms with Gasteiger partial charge in [-0.1, -0.05) is 0 Å². The molecule has 3 N–H and O–H groups in total. The molecule has 1 aromatic heterocycles. The van der Waals surface area contributed by atoms with E-state index in [0.717, 1.165) is 0 Å². The van der Waals surface area contributed by atoms with Crippen LogP contribution in [-0.4, -0.2) is 24.1 Å². The van der Waals surface area contributed by atoms with Crippen LogP contribution in [0.1, 0.15) is 19.8 Å². The van der Waals surface area contributed by atoms with Crippen molar-refractivity contribution < 1.29 is 9.53 Å². The second-order valence-corrected chi connectivity index (χ2v) is 3.61. The number of hydrogen-bond acceptors (Lipinski definition) is 4. The van der Waals surface area contributed by atoms with Crippen molar-refractivity contribution in [2.24, 2.45) is 0 Å². The maximum absolute atomic E-state index is 11.5. The molecule has 5 heteroatoms. The van der Waals surface area contributed by atoms with E-state index in [-0.39, 0.29) is 12.0 Å². The van der Waals surface area contributed by atoms with Crippen LogP contribution in [0.4, 0.5) is 11.5 Å². The van der Waals surface area contributed by atoms with Crippen molar-refractivity contribution in [1.29, 1.82) is 0 Å². The minimum Gasteiger partial charge on any atom is -0.397 e. The van der Waals surface area contributed by atoms with Crippen LogP contribution in [0.5, 0.6) is 0 Å². The molecule has 0 saturated heterocycles. The smallest absolute Gasteiger partial charge is 0.225 e. The first-order valence-corrected chi connectivity index (χ1v) is 5.16. The summed E-state index contributed by atoms with van der Waals surface area (Å²) in [6.07, 6.45) is 2.70. The Morgan fingerprint density at radius 2 is 2.38 bits per heavy atom. The Hall–Kier alpha value is -1.62. The number of hydrogen-bond donors (Lipinski definition) is 2. The van der Waals surface area contributed by atoms with Gasteiger partial charge >= 0.3 is 0 Å². The largest absolute Gasteiger partial charge is 0.397 e. The molecule has 0 spiro atoms. The van der Waals surface area contributed by atoms with E-state index in [1.54, 1.807) is 19.2 Å². The van der Waals surface area contributed by atoms with Crippen molar-refractivity contribution in [1.82, 2.24) is 4.98 Å². The van der Waals surface area contributed by atoms with Gasteiger partial charge < -0.3 is 15.8 Å². The van der Waals surface area contributed by atoms with Crippen LogP contribution >= 0.6 is 0 Å². The third kappa shape index (κ3) is 4.27. The fourth-order valence-corrected chi connectivity index (χ4v) is 1.14. The zero-order valence-corrected chi connectivity index (χ0v) is 9.56. The van der Waals surface area contributed by atoms with Gasteiger partial charge in [0.1, 0.15) is 5.82 Å². The number of methoxy groups -OCH3 is 1. The van der Waals surface area contributed by atoms with Crippen LogP contribution < -0.4 is 11.1 Å². The van der Waals surface area contributed by atoms with Crippen LogP contribution in [0.25, 0.3) is 0 Å². The zero-order valence-electron chi connectivity index (χ0n) is 9.56. The van der Waals surface area contributed by atoms with Crippen LogP contribution in [0.15, 0.2) is 18.3 Å². The van der Waals surface area contributed by atoms with E-state index in [1.165, 1.54) is 6.20 Å². The maximum atomic E-state index is 11.5. The van der Waals surface area contributed by atoms with Gasteiger partial charge in [0.15, 0.2) is 0 Å². The number of nitrogens with zero attached hydrogens (tertiary/aromatic N) is 1. The SMILES string of the molecule is COC(C)CCC(=O)Nc1ccc(N)cn1.